The zero-order chi connectivity index (χ0) is 8.48. The first-order valence-electron chi connectivity index (χ1n) is 3.72. The van der Waals surface area contributed by atoms with Gasteiger partial charge in [0, 0.05) is 6.54 Å². The number of aromatic nitrogens is 4. The van der Waals surface area contributed by atoms with Crippen LogP contribution in [0.2, 0.25) is 0 Å². The molecule has 0 fully saturated rings. The van der Waals surface area contributed by atoms with Crippen LogP contribution in [0.5, 0.6) is 0 Å². The molecule has 0 bridgehead atoms. The molecule has 0 aliphatic heterocycles. The van der Waals surface area contributed by atoms with Crippen molar-refractivity contribution < 1.29 is 0 Å². The zero-order valence-corrected chi connectivity index (χ0v) is 7.50. The summed E-state index contributed by atoms with van der Waals surface area (Å²) in [5, 5.41) is 11.2. The summed E-state index contributed by atoms with van der Waals surface area (Å²) in [6.45, 7) is 9.26. The summed E-state index contributed by atoms with van der Waals surface area (Å²) in [5.74, 6) is 0.875. The van der Waals surface area contributed by atoms with Gasteiger partial charge >= 0.3 is 0 Å². The van der Waals surface area contributed by atoms with Gasteiger partial charge in [0.25, 0.3) is 0 Å². The molecule has 0 saturated carbocycles. The third-order valence-corrected chi connectivity index (χ3v) is 1.34. The SMILES string of the molecule is Cc1nnnn1CC(C)(C)C. The molecule has 11 heavy (non-hydrogen) atoms. The van der Waals surface area contributed by atoms with E-state index in [4.69, 9.17) is 0 Å². The number of nitrogens with zero attached hydrogens (tertiary/aromatic N) is 4. The fraction of sp³-hybridized carbons (Fsp3) is 0.857. The van der Waals surface area contributed by atoms with Crippen molar-refractivity contribution in [1.82, 2.24) is 20.2 Å². The number of hydrogen-bond donors (Lipinski definition) is 0. The van der Waals surface area contributed by atoms with Crippen LogP contribution >= 0.6 is 0 Å². The van der Waals surface area contributed by atoms with Crippen molar-refractivity contribution in [3.05, 3.63) is 5.82 Å². The maximum Gasteiger partial charge on any atom is 0.148 e. The summed E-state index contributed by atoms with van der Waals surface area (Å²) in [7, 11) is 0. The lowest BCUT2D eigenvalue weighted by atomic mass is 9.97. The molecular weight excluding hydrogens is 140 g/mol. The van der Waals surface area contributed by atoms with Crippen LogP contribution in [0.1, 0.15) is 26.6 Å². The number of hydrogen-bond acceptors (Lipinski definition) is 3. The van der Waals surface area contributed by atoms with Crippen LogP contribution in [0.25, 0.3) is 0 Å². The third-order valence-electron chi connectivity index (χ3n) is 1.34. The summed E-state index contributed by atoms with van der Waals surface area (Å²) in [6, 6.07) is 0. The Labute approximate surface area is 66.6 Å². The number of rotatable bonds is 1. The van der Waals surface area contributed by atoms with Gasteiger partial charge in [0.1, 0.15) is 5.82 Å². The first kappa shape index (κ1) is 8.17. The van der Waals surface area contributed by atoms with Crippen LogP contribution in [0.4, 0.5) is 0 Å². The molecule has 0 aromatic carbocycles. The molecule has 62 valence electrons. The van der Waals surface area contributed by atoms with E-state index in [1.165, 1.54) is 0 Å². The molecule has 0 saturated heterocycles. The van der Waals surface area contributed by atoms with Gasteiger partial charge in [-0.05, 0) is 22.8 Å². The van der Waals surface area contributed by atoms with Crippen molar-refractivity contribution in [3.8, 4) is 0 Å². The maximum atomic E-state index is 3.86. The van der Waals surface area contributed by atoms with Gasteiger partial charge in [-0.3, -0.25) is 0 Å². The molecule has 4 nitrogen and oxygen atoms in total. The number of aryl methyl sites for hydroxylation is 1. The van der Waals surface area contributed by atoms with E-state index in [1.807, 2.05) is 11.6 Å². The Kier molecular flexibility index (Phi) is 1.93. The fourth-order valence-electron chi connectivity index (χ4n) is 0.845. The molecule has 0 amide bonds. The molecule has 1 aromatic rings. The van der Waals surface area contributed by atoms with Gasteiger partial charge < -0.3 is 0 Å². The topological polar surface area (TPSA) is 43.6 Å². The maximum absolute atomic E-state index is 3.86. The first-order valence-corrected chi connectivity index (χ1v) is 3.72. The molecule has 1 rings (SSSR count). The lowest BCUT2D eigenvalue weighted by molar-refractivity contribution is 0.317. The lowest BCUT2D eigenvalue weighted by Crippen LogP contribution is -2.17. The van der Waals surface area contributed by atoms with E-state index in [9.17, 15) is 0 Å². The van der Waals surface area contributed by atoms with Crippen molar-refractivity contribution in [1.29, 1.82) is 0 Å². The van der Waals surface area contributed by atoms with E-state index in [0.717, 1.165) is 12.4 Å². The van der Waals surface area contributed by atoms with Gasteiger partial charge in [0.15, 0.2) is 0 Å². The van der Waals surface area contributed by atoms with Crippen molar-refractivity contribution in [2.45, 2.75) is 34.2 Å². The second-order valence-corrected chi connectivity index (χ2v) is 3.94. The van der Waals surface area contributed by atoms with Crippen LogP contribution in [-0.2, 0) is 6.54 Å². The summed E-state index contributed by atoms with van der Waals surface area (Å²) >= 11 is 0. The summed E-state index contributed by atoms with van der Waals surface area (Å²) < 4.78 is 1.82. The Morgan fingerprint density at radius 2 is 2.00 bits per heavy atom. The highest BCUT2D eigenvalue weighted by Gasteiger charge is 2.13. The monoisotopic (exact) mass is 154 g/mol. The highest BCUT2D eigenvalue weighted by atomic mass is 15.5. The minimum Gasteiger partial charge on any atom is -0.229 e. The smallest absolute Gasteiger partial charge is 0.148 e. The fourth-order valence-corrected chi connectivity index (χ4v) is 0.845. The van der Waals surface area contributed by atoms with Crippen molar-refractivity contribution in [3.63, 3.8) is 0 Å². The van der Waals surface area contributed by atoms with Gasteiger partial charge in [-0.15, -0.1) is 5.10 Å². The van der Waals surface area contributed by atoms with E-state index >= 15 is 0 Å². The van der Waals surface area contributed by atoms with Crippen LogP contribution in [0.15, 0.2) is 0 Å². The van der Waals surface area contributed by atoms with E-state index in [0.29, 0.717) is 0 Å². The van der Waals surface area contributed by atoms with E-state index < -0.39 is 0 Å². The van der Waals surface area contributed by atoms with Crippen LogP contribution < -0.4 is 0 Å². The Balaban J connectivity index is 2.72. The molecule has 0 aliphatic rings. The van der Waals surface area contributed by atoms with Gasteiger partial charge in [-0.2, -0.15) is 0 Å². The average molecular weight is 154 g/mol. The molecule has 0 radical (unpaired) electrons. The van der Waals surface area contributed by atoms with Crippen LogP contribution in [-0.4, -0.2) is 20.2 Å². The van der Waals surface area contributed by atoms with Crippen LogP contribution in [0, 0.1) is 12.3 Å². The highest BCUT2D eigenvalue weighted by molar-refractivity contribution is 4.75. The van der Waals surface area contributed by atoms with E-state index in [1.54, 1.807) is 0 Å². The predicted molar refractivity (Wildman–Crippen MR) is 42.0 cm³/mol. The van der Waals surface area contributed by atoms with Gasteiger partial charge in [-0.25, -0.2) is 4.68 Å². The van der Waals surface area contributed by atoms with Crippen LogP contribution in [0.3, 0.4) is 0 Å². The van der Waals surface area contributed by atoms with Crippen molar-refractivity contribution in [2.75, 3.05) is 0 Å². The second-order valence-electron chi connectivity index (χ2n) is 3.94. The largest absolute Gasteiger partial charge is 0.229 e. The quantitative estimate of drug-likeness (QED) is 0.606. The van der Waals surface area contributed by atoms with Crippen molar-refractivity contribution >= 4 is 0 Å². The molecule has 0 aliphatic carbocycles. The minimum atomic E-state index is 0.236. The first-order chi connectivity index (χ1) is 4.99. The molecule has 1 heterocycles. The summed E-state index contributed by atoms with van der Waals surface area (Å²) in [6.07, 6.45) is 0. The molecule has 4 heteroatoms. The lowest BCUT2D eigenvalue weighted by Gasteiger charge is -2.17. The van der Waals surface area contributed by atoms with E-state index in [2.05, 4.69) is 36.3 Å². The highest BCUT2D eigenvalue weighted by Crippen LogP contribution is 2.15. The standard InChI is InChI=1S/C7H14N4/c1-6-8-9-10-11(6)5-7(2,3)4/h5H2,1-4H3. The molecule has 0 spiro atoms. The Bertz CT molecular complexity index is 233. The third kappa shape index (κ3) is 2.29. The molecule has 1 aromatic heterocycles. The average Bonchev–Trinajstić information content (AvgIpc) is 2.12. The molecule has 0 unspecified atom stereocenters. The Hall–Kier alpha value is -0.930. The number of tetrazole rings is 1. The van der Waals surface area contributed by atoms with Gasteiger partial charge in [0.05, 0.1) is 0 Å². The normalized spacial score (nSPS) is 12.0. The summed E-state index contributed by atoms with van der Waals surface area (Å²) in [4.78, 5) is 0. The minimum absolute atomic E-state index is 0.236. The predicted octanol–water partition coefficient (Wildman–Crippen LogP) is 1.03. The van der Waals surface area contributed by atoms with E-state index in [-0.39, 0.29) is 5.41 Å². The zero-order valence-electron chi connectivity index (χ0n) is 7.50. The Morgan fingerprint density at radius 1 is 1.36 bits per heavy atom. The molecule has 0 N–H and O–H groups in total. The second kappa shape index (κ2) is 2.60. The van der Waals surface area contributed by atoms with Crippen molar-refractivity contribution in [2.24, 2.45) is 5.41 Å². The van der Waals surface area contributed by atoms with Gasteiger partial charge in [0.2, 0.25) is 0 Å². The van der Waals surface area contributed by atoms with Gasteiger partial charge in [-0.1, -0.05) is 20.8 Å². The Morgan fingerprint density at radius 3 is 2.36 bits per heavy atom. The summed E-state index contributed by atoms with van der Waals surface area (Å²) in [5.41, 5.74) is 0.236. The molecule has 0 atom stereocenters. The molecular formula is C7H14N4.